The van der Waals surface area contributed by atoms with Crippen LogP contribution in [0.2, 0.25) is 0 Å². The highest BCUT2D eigenvalue weighted by molar-refractivity contribution is 5.82. The quantitative estimate of drug-likeness (QED) is 0.729. The van der Waals surface area contributed by atoms with Gasteiger partial charge in [-0.25, -0.2) is 15.0 Å². The van der Waals surface area contributed by atoms with Crippen LogP contribution in [-0.2, 0) is 4.74 Å². The van der Waals surface area contributed by atoms with Crippen LogP contribution >= 0.6 is 0 Å². The van der Waals surface area contributed by atoms with E-state index in [1.54, 1.807) is 10.9 Å². The van der Waals surface area contributed by atoms with Crippen LogP contribution < -0.4 is 5.32 Å². The summed E-state index contributed by atoms with van der Waals surface area (Å²) >= 11 is 0. The summed E-state index contributed by atoms with van der Waals surface area (Å²) in [6.45, 7) is 0.706. The predicted octanol–water partition coefficient (Wildman–Crippen LogP) is 0.289. The molecular formula is C14H19N5O3. The molecule has 1 aliphatic carbocycles. The molecule has 1 aliphatic heterocycles. The second-order valence-electron chi connectivity index (χ2n) is 5.99. The fraction of sp³-hybridized carbons (Fsp3) is 0.643. The maximum Gasteiger partial charge on any atom is 0.167 e. The minimum atomic E-state index is -0.679. The van der Waals surface area contributed by atoms with E-state index >= 15 is 0 Å². The lowest BCUT2D eigenvalue weighted by atomic mass is 10.2. The Hall–Kier alpha value is -1.77. The van der Waals surface area contributed by atoms with Crippen molar-refractivity contribution in [3.8, 4) is 0 Å². The van der Waals surface area contributed by atoms with Crippen LogP contribution in [0.1, 0.15) is 25.5 Å². The van der Waals surface area contributed by atoms with Crippen LogP contribution in [0.15, 0.2) is 12.7 Å². The Morgan fingerprint density at radius 2 is 2.18 bits per heavy atom. The predicted molar refractivity (Wildman–Crippen MR) is 78.2 cm³/mol. The zero-order chi connectivity index (χ0) is 15.1. The van der Waals surface area contributed by atoms with Gasteiger partial charge in [-0.2, -0.15) is 0 Å². The first-order valence-electron chi connectivity index (χ1n) is 7.62. The highest BCUT2D eigenvalue weighted by atomic mass is 16.5. The topological polar surface area (TPSA) is 105 Å². The van der Waals surface area contributed by atoms with Gasteiger partial charge in [0.25, 0.3) is 0 Å². The lowest BCUT2D eigenvalue weighted by Crippen LogP contribution is -2.24. The van der Waals surface area contributed by atoms with E-state index in [0.717, 1.165) is 18.3 Å². The molecule has 3 N–H and O–H groups in total. The maximum absolute atomic E-state index is 9.87. The van der Waals surface area contributed by atoms with Crippen molar-refractivity contribution < 1.29 is 14.9 Å². The number of aromatic nitrogens is 4. The zero-order valence-electron chi connectivity index (χ0n) is 12.1. The molecule has 0 radical (unpaired) electrons. The molecule has 2 fully saturated rings. The van der Waals surface area contributed by atoms with Gasteiger partial charge in [0.05, 0.1) is 19.0 Å². The standard InChI is InChI=1S/C14H19N5O3/c20-5-10-9(21)3-11(22-10)19-7-18-12-13(15-4-8-1-2-8)16-6-17-14(12)19/h6-11,20-21H,1-5H2,(H,15,16,17)/t9-,10+,11+/m0/s1. The highest BCUT2D eigenvalue weighted by Crippen LogP contribution is 2.32. The van der Waals surface area contributed by atoms with Gasteiger partial charge < -0.3 is 20.3 Å². The molecule has 0 bridgehead atoms. The van der Waals surface area contributed by atoms with Gasteiger partial charge in [-0.15, -0.1) is 0 Å². The summed E-state index contributed by atoms with van der Waals surface area (Å²) in [5, 5.41) is 22.4. The first kappa shape index (κ1) is 13.9. The molecule has 4 rings (SSSR count). The average molecular weight is 305 g/mol. The van der Waals surface area contributed by atoms with E-state index in [1.807, 2.05) is 0 Å². The second kappa shape index (κ2) is 5.45. The number of hydrogen-bond acceptors (Lipinski definition) is 7. The summed E-state index contributed by atoms with van der Waals surface area (Å²) < 4.78 is 7.46. The molecule has 118 valence electrons. The molecule has 0 amide bonds. The summed E-state index contributed by atoms with van der Waals surface area (Å²) in [6, 6.07) is 0. The molecule has 0 aromatic carbocycles. The Morgan fingerprint density at radius 1 is 1.32 bits per heavy atom. The first-order chi connectivity index (χ1) is 10.8. The molecule has 22 heavy (non-hydrogen) atoms. The number of hydrogen-bond donors (Lipinski definition) is 3. The number of nitrogens with one attached hydrogen (secondary N) is 1. The molecule has 8 nitrogen and oxygen atoms in total. The van der Waals surface area contributed by atoms with Crippen molar-refractivity contribution in [1.29, 1.82) is 0 Å². The van der Waals surface area contributed by atoms with Crippen LogP contribution in [0.4, 0.5) is 5.82 Å². The number of imidazole rings is 1. The van der Waals surface area contributed by atoms with Gasteiger partial charge in [0, 0.05) is 13.0 Å². The van der Waals surface area contributed by atoms with E-state index in [1.165, 1.54) is 19.2 Å². The molecule has 0 unspecified atom stereocenters. The third-order valence-corrected chi connectivity index (χ3v) is 4.31. The number of nitrogens with zero attached hydrogens (tertiary/aromatic N) is 4. The largest absolute Gasteiger partial charge is 0.394 e. The smallest absolute Gasteiger partial charge is 0.167 e. The van der Waals surface area contributed by atoms with Crippen molar-refractivity contribution in [2.75, 3.05) is 18.5 Å². The first-order valence-corrected chi connectivity index (χ1v) is 7.62. The number of anilines is 1. The van der Waals surface area contributed by atoms with Crippen LogP contribution in [0.25, 0.3) is 11.2 Å². The summed E-state index contributed by atoms with van der Waals surface area (Å²) in [5.74, 6) is 1.47. The van der Waals surface area contributed by atoms with E-state index < -0.39 is 12.2 Å². The SMILES string of the molecule is OC[C@H]1O[C@@H](n2cnc3c(NCC4CC4)ncnc32)C[C@@H]1O. The fourth-order valence-corrected chi connectivity index (χ4v) is 2.81. The van der Waals surface area contributed by atoms with Gasteiger partial charge >= 0.3 is 0 Å². The van der Waals surface area contributed by atoms with Gasteiger partial charge in [0.15, 0.2) is 17.0 Å². The summed E-state index contributed by atoms with van der Waals surface area (Å²) in [4.78, 5) is 12.9. The van der Waals surface area contributed by atoms with E-state index in [2.05, 4.69) is 20.3 Å². The second-order valence-corrected chi connectivity index (χ2v) is 5.99. The molecule has 3 heterocycles. The molecule has 1 saturated carbocycles. The van der Waals surface area contributed by atoms with Crippen molar-refractivity contribution in [2.24, 2.45) is 5.92 Å². The lowest BCUT2D eigenvalue weighted by Gasteiger charge is -2.13. The molecule has 0 spiro atoms. The van der Waals surface area contributed by atoms with Crippen molar-refractivity contribution >= 4 is 17.0 Å². The Morgan fingerprint density at radius 3 is 2.91 bits per heavy atom. The van der Waals surface area contributed by atoms with Gasteiger partial charge in [-0.05, 0) is 18.8 Å². The van der Waals surface area contributed by atoms with Crippen LogP contribution in [-0.4, -0.2) is 55.1 Å². The maximum atomic E-state index is 9.87. The molecule has 8 heteroatoms. The molecule has 2 aromatic heterocycles. The Kier molecular flexibility index (Phi) is 3.44. The van der Waals surface area contributed by atoms with Crippen molar-refractivity contribution in [1.82, 2.24) is 19.5 Å². The summed E-state index contributed by atoms with van der Waals surface area (Å²) in [7, 11) is 0. The summed E-state index contributed by atoms with van der Waals surface area (Å²) in [5.41, 5.74) is 1.37. The highest BCUT2D eigenvalue weighted by Gasteiger charge is 2.35. The minimum Gasteiger partial charge on any atom is -0.394 e. The lowest BCUT2D eigenvalue weighted by molar-refractivity contribution is -0.0432. The van der Waals surface area contributed by atoms with Crippen molar-refractivity contribution in [3.63, 3.8) is 0 Å². The van der Waals surface area contributed by atoms with E-state index in [4.69, 9.17) is 4.74 Å². The van der Waals surface area contributed by atoms with E-state index in [0.29, 0.717) is 17.6 Å². The molecular weight excluding hydrogens is 286 g/mol. The van der Waals surface area contributed by atoms with Crippen LogP contribution in [0.3, 0.4) is 0 Å². The normalized spacial score (nSPS) is 28.4. The van der Waals surface area contributed by atoms with Crippen LogP contribution in [0.5, 0.6) is 0 Å². The van der Waals surface area contributed by atoms with Gasteiger partial charge in [-0.1, -0.05) is 0 Å². The van der Waals surface area contributed by atoms with Crippen molar-refractivity contribution in [2.45, 2.75) is 37.7 Å². The van der Waals surface area contributed by atoms with Crippen molar-refractivity contribution in [3.05, 3.63) is 12.7 Å². The third kappa shape index (κ3) is 2.43. The number of ether oxygens (including phenoxy) is 1. The number of aliphatic hydroxyl groups is 2. The molecule has 2 aromatic rings. The molecule has 3 atom stereocenters. The Balaban J connectivity index is 1.61. The minimum absolute atomic E-state index is 0.201. The van der Waals surface area contributed by atoms with Gasteiger partial charge in [0.2, 0.25) is 0 Å². The Labute approximate surface area is 127 Å². The average Bonchev–Trinajstić information content (AvgIpc) is 3.13. The molecule has 1 saturated heterocycles. The zero-order valence-corrected chi connectivity index (χ0v) is 12.1. The fourth-order valence-electron chi connectivity index (χ4n) is 2.81. The molecule has 2 aliphatic rings. The number of fused-ring (bicyclic) bond motifs is 1. The van der Waals surface area contributed by atoms with Gasteiger partial charge in [-0.3, -0.25) is 4.57 Å². The Bertz CT molecular complexity index is 672. The third-order valence-electron chi connectivity index (χ3n) is 4.31. The van der Waals surface area contributed by atoms with E-state index in [9.17, 15) is 10.2 Å². The number of aliphatic hydroxyl groups excluding tert-OH is 2. The van der Waals surface area contributed by atoms with Crippen LogP contribution in [0, 0.1) is 5.92 Å². The number of rotatable bonds is 5. The monoisotopic (exact) mass is 305 g/mol. The summed E-state index contributed by atoms with van der Waals surface area (Å²) in [6.07, 6.45) is 4.49. The van der Waals surface area contributed by atoms with E-state index in [-0.39, 0.29) is 12.8 Å². The van der Waals surface area contributed by atoms with Gasteiger partial charge in [0.1, 0.15) is 18.7 Å².